The van der Waals surface area contributed by atoms with E-state index in [1.54, 1.807) is 6.20 Å². The summed E-state index contributed by atoms with van der Waals surface area (Å²) in [4.78, 5) is 8.41. The zero-order valence-electron chi connectivity index (χ0n) is 15.6. The average molecular weight is 387 g/mol. The number of nitrogen functional groups attached to an aromatic ring is 1. The lowest BCUT2D eigenvalue weighted by atomic mass is 9.93. The van der Waals surface area contributed by atoms with E-state index >= 15 is 0 Å². The zero-order valence-corrected chi connectivity index (χ0v) is 16.4. The van der Waals surface area contributed by atoms with Crippen LogP contribution in [0.4, 0.5) is 11.8 Å². The number of hydrogen-bond donors (Lipinski definition) is 3. The number of aliphatic hydroxyl groups is 1. The molecule has 1 aliphatic carbocycles. The number of halogens is 1. The van der Waals surface area contributed by atoms with Crippen LogP contribution in [0.25, 0.3) is 0 Å². The van der Waals surface area contributed by atoms with Gasteiger partial charge in [0.05, 0.1) is 17.9 Å². The Labute approximate surface area is 167 Å². The van der Waals surface area contributed by atoms with Gasteiger partial charge in [-0.25, -0.2) is 4.98 Å². The monoisotopic (exact) mass is 386 g/mol. The summed E-state index contributed by atoms with van der Waals surface area (Å²) in [5.41, 5.74) is 8.79. The molecule has 6 heteroatoms. The number of aromatic nitrogens is 2. The van der Waals surface area contributed by atoms with Crippen molar-refractivity contribution in [3.05, 3.63) is 47.2 Å². The topological polar surface area (TPSA) is 84.1 Å². The molecule has 3 rings (SSSR count). The second-order valence-electron chi connectivity index (χ2n) is 6.84. The Morgan fingerprint density at radius 1 is 1.15 bits per heavy atom. The maximum Gasteiger partial charge on any atom is 0.222 e. The third kappa shape index (κ3) is 6.13. The number of hydrogen-bond acceptors (Lipinski definition) is 5. The van der Waals surface area contributed by atoms with E-state index in [1.165, 1.54) is 5.56 Å². The fourth-order valence-corrected chi connectivity index (χ4v) is 3.19. The lowest BCUT2D eigenvalue weighted by Gasteiger charge is -2.26. The first-order valence-electron chi connectivity index (χ1n) is 9.32. The van der Waals surface area contributed by atoms with E-state index in [1.807, 2.05) is 12.1 Å². The molecule has 4 N–H and O–H groups in total. The number of rotatable bonds is 4. The highest BCUT2D eigenvalue weighted by Crippen LogP contribution is 2.23. The molecule has 0 spiro atoms. The highest BCUT2D eigenvalue weighted by atomic mass is 35.5. The predicted octanol–water partition coefficient (Wildman–Crippen LogP) is 3.55. The van der Waals surface area contributed by atoms with Gasteiger partial charge in [0.2, 0.25) is 5.95 Å². The number of anilines is 2. The molecule has 1 heterocycles. The summed E-state index contributed by atoms with van der Waals surface area (Å²) >= 11 is 0. The number of aryl methyl sites for hydroxylation is 1. The number of benzene rings is 1. The van der Waals surface area contributed by atoms with Crippen molar-refractivity contribution in [2.24, 2.45) is 0 Å². The summed E-state index contributed by atoms with van der Waals surface area (Å²) in [6.45, 7) is 2.18. The molecule has 0 amide bonds. The molecule has 144 valence electrons. The van der Waals surface area contributed by atoms with Crippen LogP contribution in [0, 0.1) is 11.8 Å². The van der Waals surface area contributed by atoms with Gasteiger partial charge in [0.1, 0.15) is 5.82 Å². The number of aliphatic hydroxyl groups excluding tert-OH is 1. The minimum atomic E-state index is -0.182. The van der Waals surface area contributed by atoms with Gasteiger partial charge in [-0.15, -0.1) is 12.4 Å². The van der Waals surface area contributed by atoms with Gasteiger partial charge < -0.3 is 16.2 Å². The molecule has 1 saturated carbocycles. The van der Waals surface area contributed by atoms with Crippen molar-refractivity contribution in [1.29, 1.82) is 0 Å². The van der Waals surface area contributed by atoms with Crippen molar-refractivity contribution in [2.45, 2.75) is 57.6 Å². The smallest absolute Gasteiger partial charge is 0.222 e. The van der Waals surface area contributed by atoms with Crippen LogP contribution in [-0.4, -0.2) is 27.2 Å². The van der Waals surface area contributed by atoms with Crippen molar-refractivity contribution < 1.29 is 5.11 Å². The highest BCUT2D eigenvalue weighted by molar-refractivity contribution is 5.85. The molecule has 1 aromatic heterocycles. The van der Waals surface area contributed by atoms with E-state index in [0.29, 0.717) is 5.82 Å². The van der Waals surface area contributed by atoms with E-state index in [2.05, 4.69) is 46.2 Å². The first-order chi connectivity index (χ1) is 12.6. The Bertz CT molecular complexity index is 790. The molecule has 1 fully saturated rings. The van der Waals surface area contributed by atoms with Gasteiger partial charge in [0.25, 0.3) is 0 Å². The third-order valence-corrected chi connectivity index (χ3v) is 4.68. The summed E-state index contributed by atoms with van der Waals surface area (Å²) in [5.74, 6) is 7.26. The molecule has 0 unspecified atom stereocenters. The largest absolute Gasteiger partial charge is 0.393 e. The summed E-state index contributed by atoms with van der Waals surface area (Å²) in [7, 11) is 0. The fourth-order valence-electron chi connectivity index (χ4n) is 3.19. The number of nitrogens with two attached hydrogens (primary N) is 1. The first kappa shape index (κ1) is 21.0. The van der Waals surface area contributed by atoms with Gasteiger partial charge in [-0.05, 0) is 49.8 Å². The van der Waals surface area contributed by atoms with Gasteiger partial charge in [0.15, 0.2) is 0 Å². The van der Waals surface area contributed by atoms with Crippen LogP contribution in [0.2, 0.25) is 0 Å². The molecule has 0 atom stereocenters. The van der Waals surface area contributed by atoms with Crippen molar-refractivity contribution >= 4 is 24.2 Å². The van der Waals surface area contributed by atoms with Crippen LogP contribution >= 0.6 is 12.4 Å². The molecule has 1 aliphatic rings. The van der Waals surface area contributed by atoms with Gasteiger partial charge in [-0.2, -0.15) is 4.98 Å². The van der Waals surface area contributed by atoms with Crippen molar-refractivity contribution in [3.63, 3.8) is 0 Å². The maximum absolute atomic E-state index is 9.66. The van der Waals surface area contributed by atoms with Crippen LogP contribution in [0.3, 0.4) is 0 Å². The SMILES string of the molecule is CCCc1ccc(C#Cc2cnc(N)nc2NC2CCC(O)CC2)cc1.Cl. The molecule has 5 nitrogen and oxygen atoms in total. The quantitative estimate of drug-likeness (QED) is 0.700. The predicted molar refractivity (Wildman–Crippen MR) is 112 cm³/mol. The van der Waals surface area contributed by atoms with Crippen LogP contribution in [-0.2, 0) is 6.42 Å². The Hall–Kier alpha value is -2.29. The molecule has 0 bridgehead atoms. The standard InChI is InChI=1S/C21H26N4O.ClH/c1-2-3-15-4-6-16(7-5-15)8-9-17-14-23-21(22)25-20(17)24-18-10-12-19(26)13-11-18;/h4-7,14,18-19,26H,2-3,10-13H2,1H3,(H3,22,23,24,25);1H. The molecule has 1 aromatic carbocycles. The second-order valence-corrected chi connectivity index (χ2v) is 6.84. The average Bonchev–Trinajstić information content (AvgIpc) is 2.64. The normalized spacial score (nSPS) is 18.7. The number of nitrogens with zero attached hydrogens (tertiary/aromatic N) is 2. The van der Waals surface area contributed by atoms with E-state index < -0.39 is 0 Å². The molecule has 0 saturated heterocycles. The molecular weight excluding hydrogens is 360 g/mol. The molecule has 2 aromatic rings. The van der Waals surface area contributed by atoms with Crippen molar-refractivity contribution in [3.8, 4) is 11.8 Å². The Morgan fingerprint density at radius 2 is 1.85 bits per heavy atom. The van der Waals surface area contributed by atoms with Crippen molar-refractivity contribution in [2.75, 3.05) is 11.1 Å². The van der Waals surface area contributed by atoms with E-state index in [0.717, 1.165) is 49.7 Å². The van der Waals surface area contributed by atoms with E-state index in [-0.39, 0.29) is 30.5 Å². The van der Waals surface area contributed by atoms with Gasteiger partial charge >= 0.3 is 0 Å². The minimum absolute atomic E-state index is 0. The van der Waals surface area contributed by atoms with Gasteiger partial charge in [0, 0.05) is 11.6 Å². The van der Waals surface area contributed by atoms with Crippen LogP contribution in [0.1, 0.15) is 55.7 Å². The summed E-state index contributed by atoms with van der Waals surface area (Å²) in [6.07, 6.45) is 7.16. The molecule has 0 radical (unpaired) electrons. The zero-order chi connectivity index (χ0) is 18.4. The number of nitrogens with one attached hydrogen (secondary N) is 1. The summed E-state index contributed by atoms with van der Waals surface area (Å²) in [6, 6.07) is 8.62. The summed E-state index contributed by atoms with van der Waals surface area (Å²) < 4.78 is 0. The Balaban J connectivity index is 0.00000261. The third-order valence-electron chi connectivity index (χ3n) is 4.68. The first-order valence-corrected chi connectivity index (χ1v) is 9.32. The van der Waals surface area contributed by atoms with E-state index in [9.17, 15) is 5.11 Å². The lowest BCUT2D eigenvalue weighted by molar-refractivity contribution is 0.126. The molecular formula is C21H27ClN4O. The van der Waals surface area contributed by atoms with Crippen LogP contribution in [0.5, 0.6) is 0 Å². The van der Waals surface area contributed by atoms with Gasteiger partial charge in [-0.3, -0.25) is 0 Å². The summed E-state index contributed by atoms with van der Waals surface area (Å²) in [5, 5.41) is 13.1. The van der Waals surface area contributed by atoms with Crippen LogP contribution in [0.15, 0.2) is 30.5 Å². The molecule has 0 aliphatic heterocycles. The van der Waals surface area contributed by atoms with Crippen LogP contribution < -0.4 is 11.1 Å². The maximum atomic E-state index is 9.66. The fraction of sp³-hybridized carbons (Fsp3) is 0.429. The Kier molecular flexibility index (Phi) is 7.90. The highest BCUT2D eigenvalue weighted by Gasteiger charge is 2.20. The molecule has 27 heavy (non-hydrogen) atoms. The van der Waals surface area contributed by atoms with Crippen molar-refractivity contribution in [1.82, 2.24) is 9.97 Å². The van der Waals surface area contributed by atoms with Gasteiger partial charge in [-0.1, -0.05) is 37.3 Å². The lowest BCUT2D eigenvalue weighted by Crippen LogP contribution is -2.29. The Morgan fingerprint density at radius 3 is 2.52 bits per heavy atom. The second kappa shape index (κ2) is 10.1. The van der Waals surface area contributed by atoms with E-state index in [4.69, 9.17) is 5.73 Å². The minimum Gasteiger partial charge on any atom is -0.393 e.